The van der Waals surface area contributed by atoms with E-state index in [2.05, 4.69) is 5.32 Å². The fourth-order valence-corrected chi connectivity index (χ4v) is 2.31. The molecule has 0 amide bonds. The predicted octanol–water partition coefficient (Wildman–Crippen LogP) is 3.75. The molecule has 1 aliphatic heterocycles. The Balaban J connectivity index is 2.32. The third-order valence-corrected chi connectivity index (χ3v) is 3.16. The van der Waals surface area contributed by atoms with E-state index < -0.39 is 6.43 Å². The third-order valence-electron chi connectivity index (χ3n) is 3.16. The molecule has 16 heavy (non-hydrogen) atoms. The van der Waals surface area contributed by atoms with Crippen molar-refractivity contribution in [1.82, 2.24) is 5.32 Å². The molecule has 3 heteroatoms. The molecule has 1 aromatic carbocycles. The number of aryl methyl sites for hydroxylation is 1. The van der Waals surface area contributed by atoms with Gasteiger partial charge in [-0.25, -0.2) is 8.78 Å². The highest BCUT2D eigenvalue weighted by molar-refractivity contribution is 5.35. The quantitative estimate of drug-likeness (QED) is 0.808. The molecule has 1 saturated heterocycles. The van der Waals surface area contributed by atoms with Crippen LogP contribution in [-0.4, -0.2) is 6.54 Å². The normalized spacial score (nSPS) is 21.4. The van der Waals surface area contributed by atoms with Crippen LogP contribution < -0.4 is 5.32 Å². The van der Waals surface area contributed by atoms with Crippen LogP contribution in [0.3, 0.4) is 0 Å². The van der Waals surface area contributed by atoms with Crippen molar-refractivity contribution in [3.63, 3.8) is 0 Å². The first-order valence-electron chi connectivity index (χ1n) is 5.80. The van der Waals surface area contributed by atoms with Crippen LogP contribution in [0.5, 0.6) is 0 Å². The molecule has 1 N–H and O–H groups in total. The average Bonchev–Trinajstić information content (AvgIpc) is 2.29. The van der Waals surface area contributed by atoms with Gasteiger partial charge < -0.3 is 5.32 Å². The topological polar surface area (TPSA) is 12.0 Å². The summed E-state index contributed by atoms with van der Waals surface area (Å²) < 4.78 is 25.8. The fraction of sp³-hybridized carbons (Fsp3) is 0.538. The van der Waals surface area contributed by atoms with Gasteiger partial charge in [-0.05, 0) is 31.9 Å². The number of halogens is 2. The molecule has 0 bridgehead atoms. The smallest absolute Gasteiger partial charge is 0.264 e. The third kappa shape index (κ3) is 2.40. The summed E-state index contributed by atoms with van der Waals surface area (Å²) >= 11 is 0. The second kappa shape index (κ2) is 4.91. The summed E-state index contributed by atoms with van der Waals surface area (Å²) in [6, 6.07) is 5.32. The summed E-state index contributed by atoms with van der Waals surface area (Å²) in [5.74, 6) is 0. The first kappa shape index (κ1) is 11.5. The SMILES string of the molecule is Cc1ccc(C(F)F)c(C2CCCCN2)c1. The zero-order valence-electron chi connectivity index (χ0n) is 9.47. The largest absolute Gasteiger partial charge is 0.310 e. The van der Waals surface area contributed by atoms with Crippen LogP contribution in [0, 0.1) is 6.92 Å². The van der Waals surface area contributed by atoms with Crippen molar-refractivity contribution in [3.05, 3.63) is 34.9 Å². The van der Waals surface area contributed by atoms with Gasteiger partial charge in [-0.1, -0.05) is 30.2 Å². The van der Waals surface area contributed by atoms with Crippen LogP contribution in [0.2, 0.25) is 0 Å². The number of nitrogens with one attached hydrogen (secondary N) is 1. The lowest BCUT2D eigenvalue weighted by molar-refractivity contribution is 0.149. The molecular formula is C13H17F2N. The monoisotopic (exact) mass is 225 g/mol. The first-order valence-corrected chi connectivity index (χ1v) is 5.80. The van der Waals surface area contributed by atoms with Crippen molar-refractivity contribution in [2.45, 2.75) is 38.7 Å². The van der Waals surface area contributed by atoms with Crippen molar-refractivity contribution in [3.8, 4) is 0 Å². The molecule has 1 aromatic rings. The van der Waals surface area contributed by atoms with Gasteiger partial charge in [-0.2, -0.15) is 0 Å². The Morgan fingerprint density at radius 3 is 2.75 bits per heavy atom. The van der Waals surface area contributed by atoms with E-state index in [-0.39, 0.29) is 11.6 Å². The Kier molecular flexibility index (Phi) is 3.54. The Hall–Kier alpha value is -0.960. The van der Waals surface area contributed by atoms with Crippen molar-refractivity contribution in [2.24, 2.45) is 0 Å². The summed E-state index contributed by atoms with van der Waals surface area (Å²) in [4.78, 5) is 0. The number of rotatable bonds is 2. The molecule has 0 aromatic heterocycles. The maximum absolute atomic E-state index is 12.9. The molecule has 88 valence electrons. The van der Waals surface area contributed by atoms with Crippen LogP contribution >= 0.6 is 0 Å². The van der Waals surface area contributed by atoms with Gasteiger partial charge in [0.05, 0.1) is 0 Å². The number of alkyl halides is 2. The highest BCUT2D eigenvalue weighted by atomic mass is 19.3. The summed E-state index contributed by atoms with van der Waals surface area (Å²) in [6.07, 6.45) is 0.850. The molecule has 2 rings (SSSR count). The second-order valence-electron chi connectivity index (χ2n) is 4.44. The lowest BCUT2D eigenvalue weighted by Crippen LogP contribution is -2.27. The van der Waals surface area contributed by atoms with E-state index >= 15 is 0 Å². The van der Waals surface area contributed by atoms with E-state index in [0.29, 0.717) is 0 Å². The summed E-state index contributed by atoms with van der Waals surface area (Å²) in [6.45, 7) is 2.88. The summed E-state index contributed by atoms with van der Waals surface area (Å²) in [5, 5.41) is 3.32. The zero-order valence-corrected chi connectivity index (χ0v) is 9.47. The highest BCUT2D eigenvalue weighted by Gasteiger charge is 2.21. The molecule has 1 atom stereocenters. The van der Waals surface area contributed by atoms with Crippen molar-refractivity contribution in [1.29, 1.82) is 0 Å². The highest BCUT2D eigenvalue weighted by Crippen LogP contribution is 2.32. The molecule has 1 aliphatic rings. The second-order valence-corrected chi connectivity index (χ2v) is 4.44. The minimum Gasteiger partial charge on any atom is -0.310 e. The van der Waals surface area contributed by atoms with Crippen LogP contribution in [-0.2, 0) is 0 Å². The maximum atomic E-state index is 12.9. The van der Waals surface area contributed by atoms with Crippen LogP contribution in [0.4, 0.5) is 8.78 Å². The van der Waals surface area contributed by atoms with E-state index in [1.807, 2.05) is 13.0 Å². The van der Waals surface area contributed by atoms with Crippen molar-refractivity contribution in [2.75, 3.05) is 6.54 Å². The van der Waals surface area contributed by atoms with E-state index in [9.17, 15) is 8.78 Å². The zero-order chi connectivity index (χ0) is 11.5. The average molecular weight is 225 g/mol. The fourth-order valence-electron chi connectivity index (χ4n) is 2.31. The number of piperidine rings is 1. The standard InChI is InChI=1S/C13H17F2N/c1-9-5-6-10(13(14)15)11(8-9)12-4-2-3-7-16-12/h5-6,8,12-13,16H,2-4,7H2,1H3. The van der Waals surface area contributed by atoms with E-state index in [4.69, 9.17) is 0 Å². The van der Waals surface area contributed by atoms with Gasteiger partial charge in [0.2, 0.25) is 0 Å². The van der Waals surface area contributed by atoms with Gasteiger partial charge in [0, 0.05) is 11.6 Å². The molecule has 0 aliphatic carbocycles. The molecule has 0 saturated carbocycles. The molecule has 1 unspecified atom stereocenters. The lowest BCUT2D eigenvalue weighted by Gasteiger charge is -2.26. The lowest BCUT2D eigenvalue weighted by atomic mass is 9.92. The molecule has 1 nitrogen and oxygen atoms in total. The van der Waals surface area contributed by atoms with Crippen molar-refractivity contribution >= 4 is 0 Å². The van der Waals surface area contributed by atoms with Crippen LogP contribution in [0.1, 0.15) is 48.4 Å². The molecule has 1 fully saturated rings. The molecule has 0 spiro atoms. The Morgan fingerprint density at radius 2 is 2.12 bits per heavy atom. The van der Waals surface area contributed by atoms with Gasteiger partial charge in [-0.15, -0.1) is 0 Å². The van der Waals surface area contributed by atoms with Gasteiger partial charge in [0.1, 0.15) is 0 Å². The first-order chi connectivity index (χ1) is 7.68. The van der Waals surface area contributed by atoms with E-state index in [0.717, 1.165) is 36.9 Å². The minimum absolute atomic E-state index is 0.109. The predicted molar refractivity (Wildman–Crippen MR) is 60.7 cm³/mol. The van der Waals surface area contributed by atoms with Gasteiger partial charge in [-0.3, -0.25) is 0 Å². The van der Waals surface area contributed by atoms with Crippen LogP contribution in [0.15, 0.2) is 18.2 Å². The van der Waals surface area contributed by atoms with E-state index in [1.54, 1.807) is 12.1 Å². The molecule has 1 heterocycles. The van der Waals surface area contributed by atoms with Gasteiger partial charge in [0.25, 0.3) is 6.43 Å². The molecular weight excluding hydrogens is 208 g/mol. The van der Waals surface area contributed by atoms with Gasteiger partial charge >= 0.3 is 0 Å². The number of hydrogen-bond donors (Lipinski definition) is 1. The molecule has 0 radical (unpaired) electrons. The number of hydrogen-bond acceptors (Lipinski definition) is 1. The van der Waals surface area contributed by atoms with Gasteiger partial charge in [0.15, 0.2) is 0 Å². The Labute approximate surface area is 94.9 Å². The van der Waals surface area contributed by atoms with E-state index in [1.165, 1.54) is 0 Å². The van der Waals surface area contributed by atoms with Crippen LogP contribution in [0.25, 0.3) is 0 Å². The summed E-state index contributed by atoms with van der Waals surface area (Å²) in [5.41, 5.74) is 2.02. The summed E-state index contributed by atoms with van der Waals surface area (Å²) in [7, 11) is 0. The Bertz CT molecular complexity index is 357. The Morgan fingerprint density at radius 1 is 1.31 bits per heavy atom. The maximum Gasteiger partial charge on any atom is 0.264 e. The minimum atomic E-state index is -2.38. The van der Waals surface area contributed by atoms with Crippen molar-refractivity contribution < 1.29 is 8.78 Å². The number of benzene rings is 1.